The number of nitrogens with one attached hydrogen (secondary N) is 1. The molecule has 18 heavy (non-hydrogen) atoms. The van der Waals surface area contributed by atoms with Crippen molar-refractivity contribution in [1.82, 2.24) is 5.32 Å². The zero-order valence-corrected chi connectivity index (χ0v) is 10.9. The van der Waals surface area contributed by atoms with Crippen LogP contribution < -0.4 is 10.2 Å². The Bertz CT molecular complexity index is 430. The molecule has 0 radical (unpaired) electrons. The highest BCUT2D eigenvalue weighted by Gasteiger charge is 2.39. The highest BCUT2D eigenvalue weighted by Crippen LogP contribution is 2.33. The van der Waals surface area contributed by atoms with Gasteiger partial charge in [-0.2, -0.15) is 0 Å². The van der Waals surface area contributed by atoms with Crippen molar-refractivity contribution in [2.75, 3.05) is 25.0 Å². The van der Waals surface area contributed by atoms with Crippen molar-refractivity contribution in [2.24, 2.45) is 5.41 Å². The van der Waals surface area contributed by atoms with Crippen LogP contribution in [0.4, 0.5) is 5.69 Å². The molecule has 1 unspecified atom stereocenters. The summed E-state index contributed by atoms with van der Waals surface area (Å²) in [4.78, 5) is 14.1. The van der Waals surface area contributed by atoms with Crippen molar-refractivity contribution in [3.63, 3.8) is 0 Å². The van der Waals surface area contributed by atoms with Gasteiger partial charge in [0.15, 0.2) is 0 Å². The third-order valence-corrected chi connectivity index (χ3v) is 3.73. The van der Waals surface area contributed by atoms with E-state index in [1.54, 1.807) is 7.05 Å². The average Bonchev–Trinajstić information content (AvgIpc) is 2.82. The normalized spacial score (nSPS) is 23.2. The van der Waals surface area contributed by atoms with Gasteiger partial charge in [-0.1, -0.05) is 12.1 Å². The lowest BCUT2D eigenvalue weighted by Gasteiger charge is -2.24. The summed E-state index contributed by atoms with van der Waals surface area (Å²) >= 11 is 0. The number of rotatable bonds is 3. The van der Waals surface area contributed by atoms with Crippen molar-refractivity contribution < 1.29 is 9.90 Å². The number of benzene rings is 1. The number of carbonyl (C=O) groups is 1. The van der Waals surface area contributed by atoms with Crippen LogP contribution >= 0.6 is 0 Å². The minimum Gasteiger partial charge on any atom is -0.392 e. The summed E-state index contributed by atoms with van der Waals surface area (Å²) in [5.41, 5.74) is 1.72. The predicted molar refractivity (Wildman–Crippen MR) is 71.4 cm³/mol. The number of anilines is 1. The van der Waals surface area contributed by atoms with Gasteiger partial charge in [0.1, 0.15) is 0 Å². The van der Waals surface area contributed by atoms with Crippen molar-refractivity contribution in [1.29, 1.82) is 0 Å². The maximum absolute atomic E-state index is 11.8. The monoisotopic (exact) mass is 248 g/mol. The first kappa shape index (κ1) is 12.9. The second-order valence-electron chi connectivity index (χ2n) is 5.14. The van der Waals surface area contributed by atoms with Gasteiger partial charge in [-0.05, 0) is 31.0 Å². The van der Waals surface area contributed by atoms with Crippen molar-refractivity contribution >= 4 is 11.6 Å². The Kier molecular flexibility index (Phi) is 3.57. The van der Waals surface area contributed by atoms with E-state index in [0.717, 1.165) is 30.8 Å². The second kappa shape index (κ2) is 4.98. The zero-order chi connectivity index (χ0) is 13.2. The smallest absolute Gasteiger partial charge is 0.227 e. The van der Waals surface area contributed by atoms with E-state index in [9.17, 15) is 4.79 Å². The minimum atomic E-state index is -0.301. The quantitative estimate of drug-likeness (QED) is 0.843. The molecule has 0 spiro atoms. The van der Waals surface area contributed by atoms with Crippen LogP contribution in [0.1, 0.15) is 18.9 Å². The maximum atomic E-state index is 11.8. The molecule has 2 rings (SSSR count). The van der Waals surface area contributed by atoms with Gasteiger partial charge in [0, 0.05) is 25.8 Å². The molecule has 4 heteroatoms. The van der Waals surface area contributed by atoms with Crippen molar-refractivity contribution in [3.05, 3.63) is 29.8 Å². The van der Waals surface area contributed by atoms with Crippen LogP contribution in [0.5, 0.6) is 0 Å². The standard InChI is InChI=1S/C14H20N2O2/c1-14(13(18)15-2)7-8-16(10-14)12-5-3-11(9-17)4-6-12/h3-6,17H,7-10H2,1-2H3,(H,15,18). The van der Waals surface area contributed by atoms with Gasteiger partial charge in [0.25, 0.3) is 0 Å². The second-order valence-corrected chi connectivity index (χ2v) is 5.14. The SMILES string of the molecule is CNC(=O)C1(C)CCN(c2ccc(CO)cc2)C1. The third-order valence-electron chi connectivity index (χ3n) is 3.73. The fraction of sp³-hybridized carbons (Fsp3) is 0.500. The fourth-order valence-corrected chi connectivity index (χ4v) is 2.48. The molecule has 1 atom stereocenters. The number of carbonyl (C=O) groups excluding carboxylic acids is 1. The Labute approximate surface area is 108 Å². The van der Waals surface area contributed by atoms with Crippen molar-refractivity contribution in [3.8, 4) is 0 Å². The number of amides is 1. The summed E-state index contributed by atoms with van der Waals surface area (Å²) < 4.78 is 0. The molecule has 0 aliphatic carbocycles. The van der Waals surface area contributed by atoms with Gasteiger partial charge in [-0.25, -0.2) is 0 Å². The van der Waals surface area contributed by atoms with Crippen LogP contribution in [0.2, 0.25) is 0 Å². The number of nitrogens with zero attached hydrogens (tertiary/aromatic N) is 1. The summed E-state index contributed by atoms with van der Waals surface area (Å²) in [6.45, 7) is 3.71. The predicted octanol–water partition coefficient (Wildman–Crippen LogP) is 1.14. The Balaban J connectivity index is 2.10. The molecule has 1 amide bonds. The Morgan fingerprint density at radius 2 is 2.11 bits per heavy atom. The highest BCUT2D eigenvalue weighted by atomic mass is 16.3. The van der Waals surface area contributed by atoms with Crippen LogP contribution in [-0.2, 0) is 11.4 Å². The Morgan fingerprint density at radius 3 is 2.67 bits per heavy atom. The lowest BCUT2D eigenvalue weighted by Crippen LogP contribution is -2.39. The summed E-state index contributed by atoms with van der Waals surface area (Å²) in [7, 11) is 1.69. The van der Waals surface area contributed by atoms with E-state index in [1.165, 1.54) is 0 Å². The average molecular weight is 248 g/mol. The lowest BCUT2D eigenvalue weighted by atomic mass is 9.89. The van der Waals surface area contributed by atoms with E-state index < -0.39 is 0 Å². The zero-order valence-electron chi connectivity index (χ0n) is 10.9. The molecule has 0 aromatic heterocycles. The molecule has 0 saturated carbocycles. The van der Waals surface area contributed by atoms with E-state index in [-0.39, 0.29) is 17.9 Å². The van der Waals surface area contributed by atoms with Gasteiger partial charge in [-0.3, -0.25) is 4.79 Å². The molecule has 1 fully saturated rings. The largest absolute Gasteiger partial charge is 0.392 e. The van der Waals surface area contributed by atoms with Gasteiger partial charge in [-0.15, -0.1) is 0 Å². The fourth-order valence-electron chi connectivity index (χ4n) is 2.48. The van der Waals surface area contributed by atoms with Gasteiger partial charge >= 0.3 is 0 Å². The van der Waals surface area contributed by atoms with E-state index in [4.69, 9.17) is 5.11 Å². The van der Waals surface area contributed by atoms with Gasteiger partial charge in [0.2, 0.25) is 5.91 Å². The Hall–Kier alpha value is -1.55. The van der Waals surface area contributed by atoms with Crippen LogP contribution in [0, 0.1) is 5.41 Å². The van der Waals surface area contributed by atoms with Crippen LogP contribution in [-0.4, -0.2) is 31.2 Å². The van der Waals surface area contributed by atoms with Crippen LogP contribution in [0.15, 0.2) is 24.3 Å². The molecule has 1 aliphatic heterocycles. The summed E-state index contributed by atoms with van der Waals surface area (Å²) in [5, 5.41) is 11.8. The van der Waals surface area contributed by atoms with E-state index in [1.807, 2.05) is 31.2 Å². The number of hydrogen-bond donors (Lipinski definition) is 2. The molecule has 0 bridgehead atoms. The molecule has 1 saturated heterocycles. The summed E-state index contributed by atoms with van der Waals surface area (Å²) in [6.07, 6.45) is 0.869. The number of aliphatic hydroxyl groups excluding tert-OH is 1. The molecular formula is C14H20N2O2. The summed E-state index contributed by atoms with van der Waals surface area (Å²) in [5.74, 6) is 0.108. The maximum Gasteiger partial charge on any atom is 0.227 e. The van der Waals surface area contributed by atoms with E-state index >= 15 is 0 Å². The summed E-state index contributed by atoms with van der Waals surface area (Å²) in [6, 6.07) is 7.85. The first-order chi connectivity index (χ1) is 8.59. The third kappa shape index (κ3) is 2.34. The first-order valence-electron chi connectivity index (χ1n) is 6.26. The van der Waals surface area contributed by atoms with E-state index in [0.29, 0.717) is 0 Å². The van der Waals surface area contributed by atoms with Gasteiger partial charge in [0.05, 0.1) is 12.0 Å². The molecule has 98 valence electrons. The van der Waals surface area contributed by atoms with Gasteiger partial charge < -0.3 is 15.3 Å². The first-order valence-corrected chi connectivity index (χ1v) is 6.26. The minimum absolute atomic E-state index is 0.0657. The van der Waals surface area contributed by atoms with Crippen LogP contribution in [0.3, 0.4) is 0 Å². The molecule has 4 nitrogen and oxygen atoms in total. The number of aliphatic hydroxyl groups is 1. The number of hydrogen-bond acceptors (Lipinski definition) is 3. The van der Waals surface area contributed by atoms with E-state index in [2.05, 4.69) is 10.2 Å². The molecule has 1 aromatic carbocycles. The molecule has 2 N–H and O–H groups in total. The molecule has 1 heterocycles. The molecule has 1 aliphatic rings. The van der Waals surface area contributed by atoms with Crippen LogP contribution in [0.25, 0.3) is 0 Å². The molecule has 1 aromatic rings. The molecular weight excluding hydrogens is 228 g/mol. The van der Waals surface area contributed by atoms with Crippen molar-refractivity contribution in [2.45, 2.75) is 20.0 Å². The topological polar surface area (TPSA) is 52.6 Å². The highest BCUT2D eigenvalue weighted by molar-refractivity contribution is 5.83. The Morgan fingerprint density at radius 1 is 1.44 bits per heavy atom. The lowest BCUT2D eigenvalue weighted by molar-refractivity contribution is -0.128.